The topological polar surface area (TPSA) is 186 Å². The van der Waals surface area contributed by atoms with Crippen LogP contribution < -0.4 is 0 Å². The summed E-state index contributed by atoms with van der Waals surface area (Å²) in [4.78, 5) is 25.3. The molecular weight excluding hydrogens is 717 g/mol. The molecule has 0 aromatic carbocycles. The Balaban J connectivity index is 2.52. The zero-order valence-electron chi connectivity index (χ0n) is 33.1. The number of ether oxygens (including phenoxy) is 4. The fraction of sp³-hybridized carbons (Fsp3) is 0.829. The minimum Gasteiger partial charge on any atom is -0.462 e. The first-order valence-corrected chi connectivity index (χ1v) is 22.2. The van der Waals surface area contributed by atoms with Crippen molar-refractivity contribution in [3.63, 3.8) is 0 Å². The molecule has 2 unspecified atom stereocenters. The average molecular weight is 789 g/mol. The third-order valence-electron chi connectivity index (χ3n) is 9.28. The lowest BCUT2D eigenvalue weighted by Crippen LogP contribution is -2.60. The maximum atomic E-state index is 12.7. The summed E-state index contributed by atoms with van der Waals surface area (Å²) in [5.74, 6) is -2.02. The Morgan fingerprint density at radius 1 is 0.667 bits per heavy atom. The van der Waals surface area contributed by atoms with Crippen molar-refractivity contribution >= 4 is 22.1 Å². The van der Waals surface area contributed by atoms with Crippen LogP contribution in [0.25, 0.3) is 0 Å². The lowest BCUT2D eigenvalue weighted by Gasteiger charge is -2.40. The van der Waals surface area contributed by atoms with E-state index in [1.165, 1.54) is 44.9 Å². The number of carbonyl (C=O) groups excluding carboxylic acids is 2. The van der Waals surface area contributed by atoms with Gasteiger partial charge in [0.25, 0.3) is 10.1 Å². The summed E-state index contributed by atoms with van der Waals surface area (Å²) < 4.78 is 53.8. The van der Waals surface area contributed by atoms with Gasteiger partial charge in [-0.05, 0) is 69.9 Å². The van der Waals surface area contributed by atoms with E-state index in [9.17, 15) is 37.9 Å². The first kappa shape index (κ1) is 49.9. The molecule has 1 saturated heterocycles. The maximum Gasteiger partial charge on any atom is 0.306 e. The van der Waals surface area contributed by atoms with Crippen LogP contribution in [-0.4, -0.2) is 96.0 Å². The third kappa shape index (κ3) is 26.7. The molecule has 1 aliphatic heterocycles. The van der Waals surface area contributed by atoms with Crippen LogP contribution in [0.15, 0.2) is 30.0 Å². The molecule has 1 fully saturated rings. The minimum atomic E-state index is -4.60. The van der Waals surface area contributed by atoms with Gasteiger partial charge in [0.1, 0.15) is 36.8 Å². The summed E-state index contributed by atoms with van der Waals surface area (Å²) in [6.07, 6.45) is 21.6. The van der Waals surface area contributed by atoms with Gasteiger partial charge in [-0.3, -0.25) is 14.1 Å². The van der Waals surface area contributed by atoms with E-state index >= 15 is 0 Å². The van der Waals surface area contributed by atoms with Gasteiger partial charge in [-0.1, -0.05) is 103 Å². The van der Waals surface area contributed by atoms with Gasteiger partial charge in [-0.25, -0.2) is 0 Å². The van der Waals surface area contributed by atoms with Crippen LogP contribution in [0.5, 0.6) is 0 Å². The number of aliphatic hydroxyl groups is 3. The van der Waals surface area contributed by atoms with Crippen molar-refractivity contribution in [3.05, 3.63) is 30.0 Å². The molecule has 1 heterocycles. The van der Waals surface area contributed by atoms with Crippen molar-refractivity contribution in [1.82, 2.24) is 0 Å². The smallest absolute Gasteiger partial charge is 0.306 e. The first-order chi connectivity index (χ1) is 26.0. The van der Waals surface area contributed by atoms with E-state index in [1.54, 1.807) is 0 Å². The Morgan fingerprint density at radius 3 is 1.78 bits per heavy atom. The van der Waals surface area contributed by atoms with Gasteiger partial charge in [-0.2, -0.15) is 8.42 Å². The third-order valence-corrected chi connectivity index (χ3v) is 10.0. The van der Waals surface area contributed by atoms with Gasteiger partial charge in [0, 0.05) is 12.8 Å². The van der Waals surface area contributed by atoms with Gasteiger partial charge < -0.3 is 34.3 Å². The molecule has 1 aliphatic rings. The quantitative estimate of drug-likeness (QED) is 0.0170. The molecule has 0 saturated carbocycles. The fourth-order valence-electron chi connectivity index (χ4n) is 5.99. The van der Waals surface area contributed by atoms with Crippen LogP contribution >= 0.6 is 0 Å². The number of esters is 2. The highest BCUT2D eigenvalue weighted by Crippen LogP contribution is 2.24. The van der Waals surface area contributed by atoms with Crippen molar-refractivity contribution in [2.45, 2.75) is 198 Å². The van der Waals surface area contributed by atoms with Crippen LogP contribution in [0.4, 0.5) is 0 Å². The van der Waals surface area contributed by atoms with Gasteiger partial charge in [0.2, 0.25) is 0 Å². The normalized spacial score (nSPS) is 20.7. The van der Waals surface area contributed by atoms with Gasteiger partial charge in [-0.15, -0.1) is 5.73 Å². The summed E-state index contributed by atoms with van der Waals surface area (Å²) in [5, 5.41) is 30.8. The Labute approximate surface area is 325 Å². The van der Waals surface area contributed by atoms with Crippen LogP contribution in [0, 0.1) is 0 Å². The van der Waals surface area contributed by atoms with Crippen molar-refractivity contribution in [3.8, 4) is 0 Å². The summed E-state index contributed by atoms with van der Waals surface area (Å²) >= 11 is 0. The molecule has 4 N–H and O–H groups in total. The lowest BCUT2D eigenvalue weighted by atomic mass is 10.00. The maximum absolute atomic E-state index is 12.7. The number of carbonyl (C=O) groups is 2. The first-order valence-electron chi connectivity index (χ1n) is 20.6. The second-order valence-electron chi connectivity index (χ2n) is 14.4. The highest BCUT2D eigenvalue weighted by molar-refractivity contribution is 7.85. The molecule has 12 nitrogen and oxygen atoms in total. The molecule has 0 bridgehead atoms. The van der Waals surface area contributed by atoms with Crippen LogP contribution in [0.3, 0.4) is 0 Å². The zero-order chi connectivity index (χ0) is 39.9. The number of unbranched alkanes of at least 4 members (excludes halogenated alkanes) is 17. The van der Waals surface area contributed by atoms with Crippen molar-refractivity contribution in [2.75, 3.05) is 19.0 Å². The zero-order valence-corrected chi connectivity index (χ0v) is 33.9. The number of rotatable bonds is 33. The number of hydrogen-bond acceptors (Lipinski definition) is 11. The highest BCUT2D eigenvalue weighted by atomic mass is 32.2. The van der Waals surface area contributed by atoms with Crippen LogP contribution in [0.1, 0.15) is 162 Å². The molecule has 314 valence electrons. The summed E-state index contributed by atoms with van der Waals surface area (Å²) in [6.45, 7) is 3.66. The minimum absolute atomic E-state index is 0.143. The second-order valence-corrected chi connectivity index (χ2v) is 15.9. The van der Waals surface area contributed by atoms with E-state index in [2.05, 4.69) is 43.9 Å². The molecule has 54 heavy (non-hydrogen) atoms. The summed E-state index contributed by atoms with van der Waals surface area (Å²) in [5.41, 5.74) is 3.27. The highest BCUT2D eigenvalue weighted by Gasteiger charge is 2.46. The Hall–Kier alpha value is -2.09. The average Bonchev–Trinajstić information content (AvgIpc) is 3.13. The number of hydrogen-bond donors (Lipinski definition) is 4. The SMILES string of the molecule is CCCC/C=C/CCCCCCCC(=O)OC[C@H](CO[C@H]1O[C@H](CS(=O)(=O)O)[C@@H](O)C(O)C1O)OC(=O)CCCCCCCC=C=CCCCCCCC. The molecule has 0 aromatic heterocycles. The molecule has 0 radical (unpaired) electrons. The fourth-order valence-corrected chi connectivity index (χ4v) is 6.68. The molecule has 13 heteroatoms. The Morgan fingerprint density at radius 2 is 1.19 bits per heavy atom. The predicted octanol–water partition coefficient (Wildman–Crippen LogP) is 7.43. The monoisotopic (exact) mass is 788 g/mol. The number of aliphatic hydroxyl groups excluding tert-OH is 3. The van der Waals surface area contributed by atoms with Gasteiger partial charge in [0.05, 0.1) is 6.61 Å². The van der Waals surface area contributed by atoms with Crippen molar-refractivity contribution in [1.29, 1.82) is 0 Å². The van der Waals surface area contributed by atoms with Crippen molar-refractivity contribution in [2.24, 2.45) is 0 Å². The lowest BCUT2D eigenvalue weighted by molar-refractivity contribution is -0.297. The van der Waals surface area contributed by atoms with E-state index in [4.69, 9.17) is 18.9 Å². The summed E-state index contributed by atoms with van der Waals surface area (Å²) in [6, 6.07) is 0. The van der Waals surface area contributed by atoms with Crippen molar-refractivity contribution < 1.29 is 56.8 Å². The largest absolute Gasteiger partial charge is 0.462 e. The van der Waals surface area contributed by atoms with E-state index in [1.807, 2.05) is 0 Å². The van der Waals surface area contributed by atoms with E-state index in [-0.39, 0.29) is 19.4 Å². The second kappa shape index (κ2) is 32.0. The van der Waals surface area contributed by atoms with Crippen LogP contribution in [0.2, 0.25) is 0 Å². The standard InChI is InChI=1S/C41H72O12S/c1-3-5-7-9-11-13-15-16-17-18-20-22-24-26-28-30-37(43)52-34(31-50-36(42)29-27-25-23-21-19-14-12-10-8-6-4-2)32-51-41-40(46)39(45)38(44)35(53-41)33-54(47,48)49/h10,12,15,17,34-35,38-41,44-46H,3-9,11,13-14,18-33H2,1-2H3,(H,47,48,49)/b12-10+/t16?,34-,35-,38-,39?,40?,41+/m1/s1. The molecule has 1 rings (SSSR count). The van der Waals surface area contributed by atoms with E-state index < -0.39 is 71.2 Å². The molecule has 0 aliphatic carbocycles. The van der Waals surface area contributed by atoms with Gasteiger partial charge >= 0.3 is 11.9 Å². The molecule has 0 spiro atoms. The Bertz CT molecular complexity index is 1170. The molecule has 6 atom stereocenters. The summed E-state index contributed by atoms with van der Waals surface area (Å²) in [7, 11) is -4.60. The molecule has 0 aromatic rings. The predicted molar refractivity (Wildman–Crippen MR) is 209 cm³/mol. The molecule has 0 amide bonds. The number of allylic oxidation sites excluding steroid dienone is 3. The van der Waals surface area contributed by atoms with E-state index in [0.717, 1.165) is 77.0 Å². The Kier molecular flexibility index (Phi) is 29.6. The van der Waals surface area contributed by atoms with E-state index in [0.29, 0.717) is 12.8 Å². The molecular formula is C41H72O12S. The van der Waals surface area contributed by atoms with Gasteiger partial charge in [0.15, 0.2) is 12.4 Å². The van der Waals surface area contributed by atoms with Crippen LogP contribution in [-0.2, 0) is 38.7 Å².